The van der Waals surface area contributed by atoms with Crippen LogP contribution in [0.3, 0.4) is 0 Å². The van der Waals surface area contributed by atoms with Crippen LogP contribution in [0.4, 0.5) is 13.2 Å². The van der Waals surface area contributed by atoms with Crippen LogP contribution in [0.2, 0.25) is 0 Å². The molecule has 0 aliphatic heterocycles. The Balaban J connectivity index is 3.10. The molecule has 0 radical (unpaired) electrons. The second kappa shape index (κ2) is 4.43. The van der Waals surface area contributed by atoms with E-state index in [0.29, 0.717) is 5.22 Å². The Bertz CT molecular complexity index is 500. The second-order valence-electron chi connectivity index (χ2n) is 3.40. The van der Waals surface area contributed by atoms with E-state index in [-0.39, 0.29) is 5.75 Å². The van der Waals surface area contributed by atoms with E-state index in [9.17, 15) is 13.2 Å². The molecular weight excluding hydrogens is 217 g/mol. The van der Waals surface area contributed by atoms with Gasteiger partial charge in [-0.1, -0.05) is 30.9 Å². The molecule has 0 N–H and O–H groups in total. The van der Waals surface area contributed by atoms with Crippen LogP contribution in [-0.2, 0) is 0 Å². The van der Waals surface area contributed by atoms with Crippen molar-refractivity contribution < 1.29 is 17.9 Å². The zero-order valence-corrected chi connectivity index (χ0v) is 8.77. The highest BCUT2D eigenvalue weighted by molar-refractivity contribution is 5.44. The normalized spacial score (nSPS) is 12.6. The molecule has 0 spiro atoms. The van der Waals surface area contributed by atoms with Gasteiger partial charge in [0.2, 0.25) is 0 Å². The van der Waals surface area contributed by atoms with Crippen LogP contribution < -0.4 is 15.2 Å². The van der Waals surface area contributed by atoms with E-state index in [1.165, 1.54) is 18.2 Å². The highest BCUT2D eigenvalue weighted by Crippen LogP contribution is 2.20. The van der Waals surface area contributed by atoms with E-state index < -0.39 is 6.36 Å². The van der Waals surface area contributed by atoms with E-state index in [0.717, 1.165) is 10.8 Å². The van der Waals surface area contributed by atoms with Gasteiger partial charge in [-0.15, -0.1) is 13.2 Å². The van der Waals surface area contributed by atoms with Gasteiger partial charge in [0.05, 0.1) is 0 Å². The molecule has 0 bridgehead atoms. The molecule has 86 valence electrons. The third kappa shape index (κ3) is 3.81. The van der Waals surface area contributed by atoms with E-state index >= 15 is 0 Å². The fourth-order valence-corrected chi connectivity index (χ4v) is 1.19. The van der Waals surface area contributed by atoms with E-state index in [4.69, 9.17) is 0 Å². The highest BCUT2D eigenvalue weighted by Gasteiger charge is 2.30. The molecular formula is C12H11F3O. The van der Waals surface area contributed by atoms with E-state index in [1.807, 2.05) is 0 Å². The van der Waals surface area contributed by atoms with Gasteiger partial charge in [0.15, 0.2) is 0 Å². The fraction of sp³-hybridized carbons (Fsp3) is 0.167. The molecule has 0 atom stereocenters. The third-order valence-corrected chi connectivity index (χ3v) is 1.75. The molecule has 1 nitrogen and oxygen atoms in total. The molecule has 4 heteroatoms. The largest absolute Gasteiger partial charge is 0.573 e. The van der Waals surface area contributed by atoms with Gasteiger partial charge in [0.25, 0.3) is 0 Å². The van der Waals surface area contributed by atoms with Gasteiger partial charge in [-0.25, -0.2) is 0 Å². The summed E-state index contributed by atoms with van der Waals surface area (Å²) in [7, 11) is 0. The van der Waals surface area contributed by atoms with Crippen molar-refractivity contribution in [1.82, 2.24) is 0 Å². The van der Waals surface area contributed by atoms with Crippen LogP contribution in [0.25, 0.3) is 12.7 Å². The van der Waals surface area contributed by atoms with Crippen LogP contribution in [0, 0.1) is 0 Å². The lowest BCUT2D eigenvalue weighted by atomic mass is 10.2. The summed E-state index contributed by atoms with van der Waals surface area (Å²) in [6.45, 7) is 9.11. The van der Waals surface area contributed by atoms with Crippen molar-refractivity contribution in [1.29, 1.82) is 0 Å². The van der Waals surface area contributed by atoms with Gasteiger partial charge >= 0.3 is 6.36 Å². The number of hydrogen-bond acceptors (Lipinski definition) is 1. The topological polar surface area (TPSA) is 9.23 Å². The standard InChI is InChI=1S/C12H11F3O/c1-8(2)6-10-4-5-11(7-9(10)3)16-12(13,14)15/h4-7H,1,3H2,2H3/b10-6-. The van der Waals surface area contributed by atoms with Crippen molar-refractivity contribution in [2.45, 2.75) is 13.3 Å². The minimum absolute atomic E-state index is 0.267. The number of benzene rings is 1. The summed E-state index contributed by atoms with van der Waals surface area (Å²) in [5.41, 5.74) is 0.800. The Labute approximate surface area is 91.2 Å². The quantitative estimate of drug-likeness (QED) is 0.755. The number of alkyl halides is 3. The second-order valence-corrected chi connectivity index (χ2v) is 3.40. The van der Waals surface area contributed by atoms with Crippen molar-refractivity contribution in [3.8, 4) is 5.75 Å². The SMILES string of the molecule is C=C(C)/C=c1/ccc(OC(F)(F)F)cc1=C. The highest BCUT2D eigenvalue weighted by atomic mass is 19.4. The maximum absolute atomic E-state index is 11.9. The molecule has 1 rings (SSSR count). The van der Waals surface area contributed by atoms with Gasteiger partial charge in [-0.3, -0.25) is 0 Å². The van der Waals surface area contributed by atoms with E-state index in [2.05, 4.69) is 17.9 Å². The summed E-state index contributed by atoms with van der Waals surface area (Å²) < 4.78 is 39.5. The predicted octanol–water partition coefficient (Wildman–Crippen LogP) is 2.35. The monoisotopic (exact) mass is 228 g/mol. The Morgan fingerprint density at radius 1 is 1.38 bits per heavy atom. The summed E-state index contributed by atoms with van der Waals surface area (Å²) in [5, 5.41) is 1.19. The minimum atomic E-state index is -4.67. The molecule has 0 amide bonds. The summed E-state index contributed by atoms with van der Waals surface area (Å²) in [5.74, 6) is -0.267. The summed E-state index contributed by atoms with van der Waals surface area (Å²) in [4.78, 5) is 0. The summed E-state index contributed by atoms with van der Waals surface area (Å²) in [6.07, 6.45) is -2.94. The summed E-state index contributed by atoms with van der Waals surface area (Å²) in [6, 6.07) is 4.00. The molecule has 0 saturated heterocycles. The number of halogens is 3. The fourth-order valence-electron chi connectivity index (χ4n) is 1.19. The lowest BCUT2D eigenvalue weighted by Crippen LogP contribution is -2.24. The average Bonchev–Trinajstić information content (AvgIpc) is 2.06. The van der Waals surface area contributed by atoms with Crippen molar-refractivity contribution >= 4 is 12.7 Å². The molecule has 0 heterocycles. The maximum Gasteiger partial charge on any atom is 0.573 e. The number of ether oxygens (including phenoxy) is 1. The molecule has 0 unspecified atom stereocenters. The smallest absolute Gasteiger partial charge is 0.406 e. The number of hydrogen-bond donors (Lipinski definition) is 0. The van der Waals surface area contributed by atoms with Crippen molar-refractivity contribution in [3.05, 3.63) is 40.8 Å². The van der Waals surface area contributed by atoms with Crippen LogP contribution in [-0.4, -0.2) is 6.36 Å². The molecule has 0 aromatic heterocycles. The molecule has 1 aromatic carbocycles. The maximum atomic E-state index is 11.9. The molecule has 0 aliphatic carbocycles. The average molecular weight is 228 g/mol. The minimum Gasteiger partial charge on any atom is -0.406 e. The number of allylic oxidation sites excluding steroid dienone is 1. The lowest BCUT2D eigenvalue weighted by molar-refractivity contribution is -0.274. The molecule has 16 heavy (non-hydrogen) atoms. The van der Waals surface area contributed by atoms with Gasteiger partial charge in [-0.2, -0.15) is 0 Å². The van der Waals surface area contributed by atoms with Crippen molar-refractivity contribution in [2.24, 2.45) is 0 Å². The lowest BCUT2D eigenvalue weighted by Gasteiger charge is -2.08. The van der Waals surface area contributed by atoms with Crippen LogP contribution >= 0.6 is 0 Å². The number of rotatable bonds is 2. The molecule has 1 aromatic rings. The zero-order valence-electron chi connectivity index (χ0n) is 8.77. The van der Waals surface area contributed by atoms with Crippen molar-refractivity contribution in [3.63, 3.8) is 0 Å². The van der Waals surface area contributed by atoms with Gasteiger partial charge in [0.1, 0.15) is 5.75 Å². The van der Waals surface area contributed by atoms with E-state index in [1.54, 1.807) is 13.0 Å². The first-order valence-electron chi connectivity index (χ1n) is 4.50. The molecule has 0 aliphatic rings. The molecule has 0 fully saturated rings. The Morgan fingerprint density at radius 3 is 2.44 bits per heavy atom. The molecule has 0 saturated carbocycles. The Morgan fingerprint density at radius 2 is 2.00 bits per heavy atom. The van der Waals surface area contributed by atoms with Gasteiger partial charge < -0.3 is 4.74 Å². The first-order chi connectivity index (χ1) is 7.28. The zero-order chi connectivity index (χ0) is 12.3. The first-order valence-corrected chi connectivity index (χ1v) is 4.50. The summed E-state index contributed by atoms with van der Waals surface area (Å²) >= 11 is 0. The van der Waals surface area contributed by atoms with Crippen molar-refractivity contribution in [2.75, 3.05) is 0 Å². The first kappa shape index (κ1) is 12.4. The van der Waals surface area contributed by atoms with Crippen LogP contribution in [0.5, 0.6) is 5.75 Å². The predicted molar refractivity (Wildman–Crippen MR) is 57.2 cm³/mol. The third-order valence-electron chi connectivity index (χ3n) is 1.75. The van der Waals surface area contributed by atoms with Gasteiger partial charge in [0, 0.05) is 0 Å². The Kier molecular flexibility index (Phi) is 3.42. The van der Waals surface area contributed by atoms with Crippen LogP contribution in [0.15, 0.2) is 30.4 Å². The van der Waals surface area contributed by atoms with Gasteiger partial charge in [-0.05, 0) is 29.5 Å². The van der Waals surface area contributed by atoms with Crippen LogP contribution in [0.1, 0.15) is 6.92 Å². The Hall–Kier alpha value is -1.71.